The van der Waals surface area contributed by atoms with Crippen molar-refractivity contribution in [1.29, 1.82) is 0 Å². The quantitative estimate of drug-likeness (QED) is 0.263. The molecule has 1 heterocycles. The number of benzene rings is 3. The Labute approximate surface area is 193 Å². The molecule has 9 nitrogen and oxygen atoms in total. The van der Waals surface area contributed by atoms with Gasteiger partial charge in [0.2, 0.25) is 11.6 Å². The summed E-state index contributed by atoms with van der Waals surface area (Å²) in [6.45, 7) is 0. The van der Waals surface area contributed by atoms with E-state index in [9.17, 15) is 19.3 Å². The first kappa shape index (κ1) is 22.3. The second kappa shape index (κ2) is 10.2. The van der Waals surface area contributed by atoms with Gasteiger partial charge in [-0.3, -0.25) is 25.8 Å². The van der Waals surface area contributed by atoms with Gasteiger partial charge in [0, 0.05) is 5.56 Å². The molecule has 1 aromatic heterocycles. The van der Waals surface area contributed by atoms with Crippen molar-refractivity contribution in [2.45, 2.75) is 6.04 Å². The first-order chi connectivity index (χ1) is 16.5. The van der Waals surface area contributed by atoms with Gasteiger partial charge in [-0.1, -0.05) is 60.7 Å². The number of rotatable bonds is 8. The highest BCUT2D eigenvalue weighted by atomic mass is 19.1. The summed E-state index contributed by atoms with van der Waals surface area (Å²) >= 11 is 0. The molecule has 0 fully saturated rings. The number of nitrogens with zero attached hydrogens (tertiary/aromatic N) is 3. The molecule has 0 saturated carbocycles. The van der Waals surface area contributed by atoms with Crippen molar-refractivity contribution in [3.8, 4) is 0 Å². The number of carbonyl (C=O) groups excluding carboxylic acids is 1. The van der Waals surface area contributed by atoms with E-state index in [1.54, 1.807) is 0 Å². The molecule has 34 heavy (non-hydrogen) atoms. The van der Waals surface area contributed by atoms with Gasteiger partial charge < -0.3 is 5.32 Å². The first-order valence-corrected chi connectivity index (χ1v) is 10.2. The first-order valence-electron chi connectivity index (χ1n) is 10.2. The lowest BCUT2D eigenvalue weighted by Gasteiger charge is -2.20. The van der Waals surface area contributed by atoms with Gasteiger partial charge in [-0.2, -0.15) is 0 Å². The molecule has 10 heteroatoms. The minimum absolute atomic E-state index is 0.0313. The molecular formula is C24H19FN6O3. The average Bonchev–Trinajstić information content (AvgIpc) is 2.87. The number of anilines is 2. The van der Waals surface area contributed by atoms with Crippen LogP contribution in [-0.4, -0.2) is 20.8 Å². The van der Waals surface area contributed by atoms with E-state index in [1.165, 1.54) is 12.1 Å². The van der Waals surface area contributed by atoms with Crippen LogP contribution in [0.15, 0.2) is 91.3 Å². The molecule has 1 amide bonds. The van der Waals surface area contributed by atoms with Crippen molar-refractivity contribution in [1.82, 2.24) is 15.4 Å². The lowest BCUT2D eigenvalue weighted by Crippen LogP contribution is -2.30. The van der Waals surface area contributed by atoms with Gasteiger partial charge in [0.05, 0.1) is 11.0 Å². The van der Waals surface area contributed by atoms with E-state index in [-0.39, 0.29) is 17.2 Å². The Morgan fingerprint density at radius 2 is 1.41 bits per heavy atom. The zero-order valence-electron chi connectivity index (χ0n) is 17.7. The molecule has 0 aliphatic carbocycles. The maximum absolute atomic E-state index is 13.1. The second-order valence-electron chi connectivity index (χ2n) is 7.16. The van der Waals surface area contributed by atoms with Crippen molar-refractivity contribution >= 4 is 23.2 Å². The normalized spacial score (nSPS) is 10.5. The Morgan fingerprint density at radius 3 is 1.97 bits per heavy atom. The third-order valence-electron chi connectivity index (χ3n) is 4.95. The van der Waals surface area contributed by atoms with Crippen molar-refractivity contribution in [3.63, 3.8) is 0 Å². The Bertz CT molecular complexity index is 1250. The fourth-order valence-corrected chi connectivity index (χ4v) is 3.33. The van der Waals surface area contributed by atoms with E-state index in [0.717, 1.165) is 29.6 Å². The van der Waals surface area contributed by atoms with Crippen LogP contribution in [-0.2, 0) is 0 Å². The molecule has 4 rings (SSSR count). The second-order valence-corrected chi connectivity index (χ2v) is 7.16. The number of hydrogen-bond donors (Lipinski definition) is 3. The monoisotopic (exact) mass is 458 g/mol. The number of amides is 1. The Hall–Kier alpha value is -4.86. The maximum atomic E-state index is 13.1. The van der Waals surface area contributed by atoms with Crippen LogP contribution in [0.3, 0.4) is 0 Å². The van der Waals surface area contributed by atoms with Gasteiger partial charge in [-0.05, 0) is 35.4 Å². The third-order valence-corrected chi connectivity index (χ3v) is 4.95. The van der Waals surface area contributed by atoms with Crippen LogP contribution < -0.4 is 16.2 Å². The minimum atomic E-state index is -0.637. The average molecular weight is 458 g/mol. The van der Waals surface area contributed by atoms with E-state index in [0.29, 0.717) is 0 Å². The molecule has 0 radical (unpaired) electrons. The van der Waals surface area contributed by atoms with Crippen LogP contribution in [0, 0.1) is 15.9 Å². The molecule has 0 unspecified atom stereocenters. The van der Waals surface area contributed by atoms with Gasteiger partial charge in [0.15, 0.2) is 0 Å². The molecule has 0 aliphatic heterocycles. The molecule has 3 N–H and O–H groups in total. The number of halogens is 1. The third kappa shape index (κ3) is 5.13. The number of aromatic nitrogens is 2. The van der Waals surface area contributed by atoms with Gasteiger partial charge >= 0.3 is 5.69 Å². The van der Waals surface area contributed by atoms with Crippen LogP contribution in [0.4, 0.5) is 21.7 Å². The zero-order valence-corrected chi connectivity index (χ0v) is 17.7. The highest BCUT2D eigenvalue weighted by molar-refractivity contribution is 5.95. The topological polar surface area (TPSA) is 122 Å². The number of nitrogens with one attached hydrogen (secondary N) is 3. The fraction of sp³-hybridized carbons (Fsp3) is 0.0417. The van der Waals surface area contributed by atoms with Gasteiger partial charge in [-0.25, -0.2) is 14.4 Å². The summed E-state index contributed by atoms with van der Waals surface area (Å²) in [5.74, 6) is -1.35. The van der Waals surface area contributed by atoms with Crippen molar-refractivity contribution < 1.29 is 14.1 Å². The molecule has 0 bridgehead atoms. The van der Waals surface area contributed by atoms with Crippen LogP contribution in [0.2, 0.25) is 0 Å². The summed E-state index contributed by atoms with van der Waals surface area (Å²) < 4.78 is 13.1. The summed E-state index contributed by atoms with van der Waals surface area (Å²) in [5, 5.41) is 15.1. The largest absolute Gasteiger partial charge is 0.354 e. The molecule has 170 valence electrons. The van der Waals surface area contributed by atoms with E-state index < -0.39 is 28.4 Å². The van der Waals surface area contributed by atoms with Crippen LogP contribution in [0.25, 0.3) is 0 Å². The summed E-state index contributed by atoms with van der Waals surface area (Å²) in [7, 11) is 0. The van der Waals surface area contributed by atoms with Crippen molar-refractivity contribution in [3.05, 3.63) is 124 Å². The summed E-state index contributed by atoms with van der Waals surface area (Å²) in [6, 6.07) is 23.3. The minimum Gasteiger partial charge on any atom is -0.353 e. The summed E-state index contributed by atoms with van der Waals surface area (Å²) in [5.41, 5.74) is 6.28. The Balaban J connectivity index is 1.63. The van der Waals surface area contributed by atoms with E-state index in [1.807, 2.05) is 60.7 Å². The zero-order chi connectivity index (χ0) is 23.9. The Morgan fingerprint density at radius 1 is 0.853 bits per heavy atom. The maximum Gasteiger partial charge on any atom is 0.354 e. The molecule has 3 aromatic carbocycles. The van der Waals surface area contributed by atoms with Gasteiger partial charge in [0.25, 0.3) is 5.91 Å². The number of hydrazine groups is 1. The lowest BCUT2D eigenvalue weighted by molar-refractivity contribution is -0.383. The predicted octanol–water partition coefficient (Wildman–Crippen LogP) is 4.48. The van der Waals surface area contributed by atoms with E-state index in [2.05, 4.69) is 26.1 Å². The van der Waals surface area contributed by atoms with E-state index >= 15 is 0 Å². The van der Waals surface area contributed by atoms with Crippen molar-refractivity contribution in [2.75, 3.05) is 10.7 Å². The van der Waals surface area contributed by atoms with Gasteiger partial charge in [0.1, 0.15) is 12.1 Å². The van der Waals surface area contributed by atoms with Crippen LogP contribution >= 0.6 is 0 Å². The highest BCUT2D eigenvalue weighted by Crippen LogP contribution is 2.33. The standard InChI is InChI=1S/C24H19FN6O3/c25-19-13-11-18(12-14-19)24(32)30-29-23-21(31(33)34)22(26-15-27-23)28-20(16-7-3-1-4-8-16)17-9-5-2-6-10-17/h1-15,20H,(H,30,32)(H2,26,27,28,29). The van der Waals surface area contributed by atoms with Crippen LogP contribution in [0.5, 0.6) is 0 Å². The summed E-state index contributed by atoms with van der Waals surface area (Å²) in [4.78, 5) is 31.6. The smallest absolute Gasteiger partial charge is 0.353 e. The highest BCUT2D eigenvalue weighted by Gasteiger charge is 2.26. The lowest BCUT2D eigenvalue weighted by atomic mass is 9.99. The van der Waals surface area contributed by atoms with Gasteiger partial charge in [-0.15, -0.1) is 0 Å². The molecule has 0 spiro atoms. The molecule has 0 atom stereocenters. The number of hydrogen-bond acceptors (Lipinski definition) is 7. The molecular weight excluding hydrogens is 439 g/mol. The van der Waals surface area contributed by atoms with Crippen molar-refractivity contribution in [2.24, 2.45) is 0 Å². The SMILES string of the molecule is O=C(NNc1ncnc(NC(c2ccccc2)c2ccccc2)c1[N+](=O)[O-])c1ccc(F)cc1. The predicted molar refractivity (Wildman–Crippen MR) is 125 cm³/mol. The molecule has 4 aromatic rings. The fourth-order valence-electron chi connectivity index (χ4n) is 3.33. The Kier molecular flexibility index (Phi) is 6.68. The number of nitro groups is 1. The molecule has 0 aliphatic rings. The molecule has 0 saturated heterocycles. The van der Waals surface area contributed by atoms with Crippen LogP contribution in [0.1, 0.15) is 27.5 Å². The van der Waals surface area contributed by atoms with E-state index in [4.69, 9.17) is 0 Å². The summed E-state index contributed by atoms with van der Waals surface area (Å²) in [6.07, 6.45) is 1.15. The number of carbonyl (C=O) groups is 1.